The molecule has 3 heteroatoms. The van der Waals surface area contributed by atoms with Crippen LogP contribution in [0.25, 0.3) is 0 Å². The highest BCUT2D eigenvalue weighted by molar-refractivity contribution is 5.29. The van der Waals surface area contributed by atoms with Gasteiger partial charge in [0.05, 0.1) is 7.11 Å². The van der Waals surface area contributed by atoms with Crippen LogP contribution in [-0.2, 0) is 6.42 Å². The highest BCUT2D eigenvalue weighted by atomic mass is 16.5. The van der Waals surface area contributed by atoms with E-state index in [0.29, 0.717) is 17.4 Å². The second-order valence-corrected chi connectivity index (χ2v) is 5.63. The van der Waals surface area contributed by atoms with Crippen LogP contribution in [0.4, 0.5) is 0 Å². The Morgan fingerprint density at radius 2 is 2.24 bits per heavy atom. The predicted octanol–water partition coefficient (Wildman–Crippen LogP) is 2.12. The molecule has 1 aromatic rings. The number of rotatable bonds is 5. The molecule has 2 unspecified atom stereocenters. The molecule has 0 bridgehead atoms. The summed E-state index contributed by atoms with van der Waals surface area (Å²) >= 11 is 0. The summed E-state index contributed by atoms with van der Waals surface area (Å²) in [4.78, 5) is 0. The standard InChI is InChI=1S/C14H22N2O/c1-14(2)9-12(14)13(16-15)8-10-5-4-6-11(7-10)17-3/h4-7,12-13,16H,8-9,15H2,1-3H3. The molecule has 0 heterocycles. The predicted molar refractivity (Wildman–Crippen MR) is 69.7 cm³/mol. The third-order valence-electron chi connectivity index (χ3n) is 3.88. The molecule has 0 aliphatic heterocycles. The van der Waals surface area contributed by atoms with E-state index in [2.05, 4.69) is 31.4 Å². The van der Waals surface area contributed by atoms with Crippen LogP contribution >= 0.6 is 0 Å². The molecular formula is C14H22N2O. The van der Waals surface area contributed by atoms with Crippen LogP contribution in [-0.4, -0.2) is 13.2 Å². The molecule has 0 radical (unpaired) electrons. The molecule has 17 heavy (non-hydrogen) atoms. The van der Waals surface area contributed by atoms with Crippen molar-refractivity contribution in [3.8, 4) is 5.75 Å². The molecule has 0 aromatic heterocycles. The highest BCUT2D eigenvalue weighted by Gasteiger charge is 2.49. The highest BCUT2D eigenvalue weighted by Crippen LogP contribution is 2.53. The summed E-state index contributed by atoms with van der Waals surface area (Å²) in [5.74, 6) is 7.26. The first kappa shape index (κ1) is 12.4. The Labute approximate surface area is 103 Å². The van der Waals surface area contributed by atoms with Crippen molar-refractivity contribution in [3.63, 3.8) is 0 Å². The Bertz CT molecular complexity index is 390. The maximum absolute atomic E-state index is 5.67. The zero-order valence-electron chi connectivity index (χ0n) is 10.9. The third-order valence-corrected chi connectivity index (χ3v) is 3.88. The van der Waals surface area contributed by atoms with Crippen molar-refractivity contribution >= 4 is 0 Å². The summed E-state index contributed by atoms with van der Waals surface area (Å²) in [6.07, 6.45) is 2.22. The van der Waals surface area contributed by atoms with E-state index in [-0.39, 0.29) is 0 Å². The Hall–Kier alpha value is -1.06. The van der Waals surface area contributed by atoms with Crippen molar-refractivity contribution in [3.05, 3.63) is 29.8 Å². The Morgan fingerprint density at radius 1 is 1.53 bits per heavy atom. The van der Waals surface area contributed by atoms with E-state index in [4.69, 9.17) is 10.6 Å². The van der Waals surface area contributed by atoms with Crippen LogP contribution in [0.1, 0.15) is 25.8 Å². The number of nitrogens with two attached hydrogens (primary N) is 1. The fraction of sp³-hybridized carbons (Fsp3) is 0.571. The molecule has 94 valence electrons. The second-order valence-electron chi connectivity index (χ2n) is 5.63. The first-order valence-corrected chi connectivity index (χ1v) is 6.16. The molecule has 2 atom stereocenters. The Balaban J connectivity index is 2.03. The molecule has 1 aliphatic rings. The SMILES string of the molecule is COc1cccc(CC(NN)C2CC2(C)C)c1. The second kappa shape index (κ2) is 4.67. The monoisotopic (exact) mass is 234 g/mol. The number of hydrogen-bond donors (Lipinski definition) is 2. The van der Waals surface area contributed by atoms with Gasteiger partial charge < -0.3 is 4.74 Å². The number of hydrogen-bond acceptors (Lipinski definition) is 3. The smallest absolute Gasteiger partial charge is 0.119 e. The normalized spacial score (nSPS) is 23.2. The molecular weight excluding hydrogens is 212 g/mol. The van der Waals surface area contributed by atoms with E-state index in [1.807, 2.05) is 12.1 Å². The summed E-state index contributed by atoms with van der Waals surface area (Å²) in [5, 5.41) is 0. The summed E-state index contributed by atoms with van der Waals surface area (Å²) in [6, 6.07) is 8.56. The average Bonchev–Trinajstić information content (AvgIpc) is 2.95. The molecule has 1 fully saturated rings. The molecule has 2 rings (SSSR count). The van der Waals surface area contributed by atoms with Crippen LogP contribution in [0.3, 0.4) is 0 Å². The van der Waals surface area contributed by atoms with Gasteiger partial charge in [-0.3, -0.25) is 11.3 Å². The lowest BCUT2D eigenvalue weighted by Gasteiger charge is -2.18. The average molecular weight is 234 g/mol. The van der Waals surface area contributed by atoms with Gasteiger partial charge in [0.15, 0.2) is 0 Å². The molecule has 3 nitrogen and oxygen atoms in total. The quantitative estimate of drug-likeness (QED) is 0.606. The fourth-order valence-electron chi connectivity index (χ4n) is 2.57. The van der Waals surface area contributed by atoms with Gasteiger partial charge in [-0.05, 0) is 41.9 Å². The van der Waals surface area contributed by atoms with E-state index in [0.717, 1.165) is 12.2 Å². The number of benzene rings is 1. The van der Waals surface area contributed by atoms with Gasteiger partial charge in [-0.15, -0.1) is 0 Å². The maximum Gasteiger partial charge on any atom is 0.119 e. The van der Waals surface area contributed by atoms with E-state index in [1.54, 1.807) is 7.11 Å². The molecule has 1 aliphatic carbocycles. The molecule has 3 N–H and O–H groups in total. The van der Waals surface area contributed by atoms with E-state index in [9.17, 15) is 0 Å². The third kappa shape index (κ3) is 2.79. The van der Waals surface area contributed by atoms with Gasteiger partial charge in [-0.2, -0.15) is 0 Å². The maximum atomic E-state index is 5.67. The molecule has 1 aromatic carbocycles. The van der Waals surface area contributed by atoms with Crippen molar-refractivity contribution in [2.24, 2.45) is 17.2 Å². The van der Waals surface area contributed by atoms with Crippen molar-refractivity contribution in [2.75, 3.05) is 7.11 Å². The first-order chi connectivity index (χ1) is 8.06. The summed E-state index contributed by atoms with van der Waals surface area (Å²) in [5.41, 5.74) is 4.68. The van der Waals surface area contributed by atoms with Crippen molar-refractivity contribution in [2.45, 2.75) is 32.7 Å². The largest absolute Gasteiger partial charge is 0.497 e. The minimum absolute atomic E-state index is 0.358. The summed E-state index contributed by atoms with van der Waals surface area (Å²) in [6.45, 7) is 4.60. The molecule has 0 spiro atoms. The Kier molecular flexibility index (Phi) is 3.40. The van der Waals surface area contributed by atoms with E-state index >= 15 is 0 Å². The van der Waals surface area contributed by atoms with Gasteiger partial charge in [0.1, 0.15) is 5.75 Å². The zero-order valence-corrected chi connectivity index (χ0v) is 10.9. The lowest BCUT2D eigenvalue weighted by molar-refractivity contribution is 0.403. The van der Waals surface area contributed by atoms with Crippen molar-refractivity contribution in [1.82, 2.24) is 5.43 Å². The summed E-state index contributed by atoms with van der Waals surface area (Å²) < 4.78 is 5.24. The minimum Gasteiger partial charge on any atom is -0.497 e. The fourth-order valence-corrected chi connectivity index (χ4v) is 2.57. The first-order valence-electron chi connectivity index (χ1n) is 6.16. The van der Waals surface area contributed by atoms with Crippen LogP contribution in [0, 0.1) is 11.3 Å². The molecule has 1 saturated carbocycles. The van der Waals surface area contributed by atoms with Crippen LogP contribution in [0.15, 0.2) is 24.3 Å². The van der Waals surface area contributed by atoms with Crippen LogP contribution in [0.2, 0.25) is 0 Å². The van der Waals surface area contributed by atoms with Gasteiger partial charge in [0.25, 0.3) is 0 Å². The van der Waals surface area contributed by atoms with Crippen molar-refractivity contribution in [1.29, 1.82) is 0 Å². The Morgan fingerprint density at radius 3 is 2.76 bits per heavy atom. The number of ether oxygens (including phenoxy) is 1. The molecule has 0 saturated heterocycles. The van der Waals surface area contributed by atoms with Gasteiger partial charge in [-0.25, -0.2) is 0 Å². The number of nitrogens with one attached hydrogen (secondary N) is 1. The van der Waals surface area contributed by atoms with Gasteiger partial charge >= 0.3 is 0 Å². The van der Waals surface area contributed by atoms with E-state index in [1.165, 1.54) is 12.0 Å². The van der Waals surface area contributed by atoms with Crippen LogP contribution < -0.4 is 16.0 Å². The lowest BCUT2D eigenvalue weighted by atomic mass is 9.98. The van der Waals surface area contributed by atoms with Gasteiger partial charge in [0, 0.05) is 6.04 Å². The van der Waals surface area contributed by atoms with E-state index < -0.39 is 0 Å². The topological polar surface area (TPSA) is 47.3 Å². The van der Waals surface area contributed by atoms with Crippen LogP contribution in [0.5, 0.6) is 5.75 Å². The molecule has 0 amide bonds. The summed E-state index contributed by atoms with van der Waals surface area (Å²) in [7, 11) is 1.70. The van der Waals surface area contributed by atoms with Gasteiger partial charge in [-0.1, -0.05) is 26.0 Å². The van der Waals surface area contributed by atoms with Gasteiger partial charge in [0.2, 0.25) is 0 Å². The zero-order chi connectivity index (χ0) is 12.5. The van der Waals surface area contributed by atoms with Crippen molar-refractivity contribution < 1.29 is 4.74 Å². The lowest BCUT2D eigenvalue weighted by Crippen LogP contribution is -2.39. The number of hydrazine groups is 1. The minimum atomic E-state index is 0.358. The number of methoxy groups -OCH3 is 1.